The van der Waals surface area contributed by atoms with Crippen molar-refractivity contribution in [3.8, 4) is 0 Å². The third-order valence-corrected chi connectivity index (χ3v) is 3.17. The molecule has 1 aliphatic rings. The van der Waals surface area contributed by atoms with Gasteiger partial charge in [-0.15, -0.1) is 4.68 Å². The number of amidine groups is 1. The maximum Gasteiger partial charge on any atom is 0.321 e. The largest absolute Gasteiger partial charge is 0.726 e. The van der Waals surface area contributed by atoms with Gasteiger partial charge in [0, 0.05) is 19.8 Å². The van der Waals surface area contributed by atoms with Crippen molar-refractivity contribution >= 4 is 51.3 Å². The molecule has 154 valence electrons. The van der Waals surface area contributed by atoms with Gasteiger partial charge in [0.15, 0.2) is 5.71 Å². The van der Waals surface area contributed by atoms with Crippen molar-refractivity contribution in [3.63, 3.8) is 0 Å². The Morgan fingerprint density at radius 2 is 2.04 bits per heavy atom. The molecule has 0 bridgehead atoms. The van der Waals surface area contributed by atoms with E-state index < -0.39 is 16.4 Å². The highest BCUT2D eigenvalue weighted by Gasteiger charge is 2.21. The molecule has 28 heavy (non-hydrogen) atoms. The number of carbonyl (C=O) groups excluding carboxylic acids is 1. The normalized spacial score (nSPS) is 14.7. The zero-order valence-electron chi connectivity index (χ0n) is 15.1. The number of hydrogen-bond acceptors (Lipinski definition) is 9. The van der Waals surface area contributed by atoms with E-state index in [1.165, 1.54) is 10.9 Å². The van der Waals surface area contributed by atoms with Crippen LogP contribution < -0.4 is 21.7 Å². The molecule has 0 saturated heterocycles. The minimum absolute atomic E-state index is 0.0721. The molecule has 0 saturated carbocycles. The Hall–Kier alpha value is -3.07. The molecule has 14 heteroatoms. The number of hydrazone groups is 1. The molecular formula is C14H21N7O6S. The first kappa shape index (κ1) is 23.0. The summed E-state index contributed by atoms with van der Waals surface area (Å²) in [5.74, 6) is 0.334. The number of aliphatic imine (C=N–C) groups is 1. The monoisotopic (exact) mass is 415 g/mol. The van der Waals surface area contributed by atoms with E-state index in [9.17, 15) is 4.79 Å². The van der Waals surface area contributed by atoms with Gasteiger partial charge in [0.1, 0.15) is 12.8 Å². The summed E-state index contributed by atoms with van der Waals surface area (Å²) in [6.45, 7) is 0.213. The summed E-state index contributed by atoms with van der Waals surface area (Å²) >= 11 is 0. The molecule has 0 radical (unpaired) electrons. The van der Waals surface area contributed by atoms with Crippen LogP contribution in [0.4, 0.5) is 21.9 Å². The van der Waals surface area contributed by atoms with Crippen LogP contribution in [0.5, 0.6) is 0 Å². The standard InChI is InChI=1S/C14H19N7O2.H2O4S/c1-20(2)9-3-4-10(11(7-9)19-14(16)23)18-12-8-17-21(5-6-22)13(12)15;1-5(2,3)4/h3-4,7-8,22H,5-6H2,1-2H3,(H4,15,16,17,19,23);(H2,1,2,3,4). The van der Waals surface area contributed by atoms with Gasteiger partial charge in [0.2, 0.25) is 10.4 Å². The molecule has 2 rings (SSSR count). The number of rotatable bonds is 5. The summed E-state index contributed by atoms with van der Waals surface area (Å²) in [6.07, 6.45) is 1.50. The van der Waals surface area contributed by atoms with E-state index in [0.29, 0.717) is 22.9 Å². The van der Waals surface area contributed by atoms with Crippen LogP contribution in [0, 0.1) is 0 Å². The molecule has 0 atom stereocenters. The molecule has 0 aromatic heterocycles. The van der Waals surface area contributed by atoms with Crippen LogP contribution >= 0.6 is 0 Å². The highest BCUT2D eigenvalue weighted by atomic mass is 32.3. The van der Waals surface area contributed by atoms with Crippen molar-refractivity contribution in [3.05, 3.63) is 18.2 Å². The Kier molecular flexibility index (Phi) is 8.00. The average molecular weight is 415 g/mol. The van der Waals surface area contributed by atoms with E-state index in [2.05, 4.69) is 15.4 Å². The van der Waals surface area contributed by atoms with Gasteiger partial charge in [-0.25, -0.2) is 18.2 Å². The third-order valence-electron chi connectivity index (χ3n) is 3.17. The molecule has 1 aromatic rings. The second kappa shape index (κ2) is 9.75. The lowest BCUT2D eigenvalue weighted by molar-refractivity contribution is -0.532. The number of carbonyl (C=O) groups is 1. The summed E-state index contributed by atoms with van der Waals surface area (Å²) in [7, 11) is -1.14. The summed E-state index contributed by atoms with van der Waals surface area (Å²) in [4.78, 5) is 17.5. The Morgan fingerprint density at radius 1 is 1.43 bits per heavy atom. The number of nitrogens with zero attached hydrogens (tertiary/aromatic N) is 4. The van der Waals surface area contributed by atoms with Gasteiger partial charge in [0.25, 0.3) is 0 Å². The number of anilines is 2. The van der Waals surface area contributed by atoms with Gasteiger partial charge in [-0.05, 0) is 18.2 Å². The van der Waals surface area contributed by atoms with E-state index in [1.54, 1.807) is 12.1 Å². The maximum atomic E-state index is 11.2. The zero-order chi connectivity index (χ0) is 21.5. The summed E-state index contributed by atoms with van der Waals surface area (Å²) in [6, 6.07) is 4.70. The first-order chi connectivity index (χ1) is 12.9. The number of hydrogen-bond donors (Lipinski definition) is 5. The first-order valence-corrected chi connectivity index (χ1v) is 8.99. The lowest BCUT2D eigenvalue weighted by Crippen LogP contribution is -2.30. The predicted octanol–water partition coefficient (Wildman–Crippen LogP) is -1.32. The number of nitrogens with one attached hydrogen (secondary N) is 1. The molecular weight excluding hydrogens is 394 g/mol. The van der Waals surface area contributed by atoms with Crippen LogP contribution in [0.25, 0.3) is 0 Å². The third kappa shape index (κ3) is 7.67. The molecule has 1 aromatic carbocycles. The topological polar surface area (TPSA) is 210 Å². The van der Waals surface area contributed by atoms with Crippen molar-refractivity contribution in [1.29, 1.82) is 0 Å². The summed E-state index contributed by atoms with van der Waals surface area (Å²) in [5, 5.41) is 15.6. The first-order valence-electron chi connectivity index (χ1n) is 7.62. The molecule has 0 spiro atoms. The van der Waals surface area contributed by atoms with Gasteiger partial charge < -0.3 is 25.6 Å². The van der Waals surface area contributed by atoms with Gasteiger partial charge in [-0.2, -0.15) is 0 Å². The smallest absolute Gasteiger partial charge is 0.321 e. The number of aliphatic hydroxyl groups excluding tert-OH is 1. The number of aliphatic hydroxyl groups is 1. The SMILES string of the molecule is CN(C)c1ccc(N=C2C=N[N+](CCO)=C2N)c(NC(N)=O)c1.O=S(=O)([O-])O. The summed E-state index contributed by atoms with van der Waals surface area (Å²) < 4.78 is 34.3. The quantitative estimate of drug-likeness (QED) is 0.221. The van der Waals surface area contributed by atoms with Crippen molar-refractivity contribution in [2.75, 3.05) is 37.5 Å². The van der Waals surface area contributed by atoms with Crippen LogP contribution in [0.3, 0.4) is 0 Å². The van der Waals surface area contributed by atoms with Gasteiger partial charge in [0.05, 0.1) is 18.0 Å². The van der Waals surface area contributed by atoms with Crippen molar-refractivity contribution in [2.45, 2.75) is 0 Å². The lowest BCUT2D eigenvalue weighted by atomic mass is 10.2. The molecule has 0 aliphatic carbocycles. The number of nitrogens with two attached hydrogens (primary N) is 2. The molecule has 0 unspecified atom stereocenters. The Labute approximate surface area is 161 Å². The minimum Gasteiger partial charge on any atom is -0.726 e. The average Bonchev–Trinajstić information content (AvgIpc) is 2.88. The van der Waals surface area contributed by atoms with Crippen LogP contribution in [-0.2, 0) is 10.4 Å². The fourth-order valence-electron chi connectivity index (χ4n) is 2.01. The van der Waals surface area contributed by atoms with E-state index >= 15 is 0 Å². The highest BCUT2D eigenvalue weighted by Crippen LogP contribution is 2.29. The predicted molar refractivity (Wildman–Crippen MR) is 103 cm³/mol. The fourth-order valence-corrected chi connectivity index (χ4v) is 2.01. The van der Waals surface area contributed by atoms with Crippen molar-refractivity contribution in [1.82, 2.24) is 0 Å². The van der Waals surface area contributed by atoms with Gasteiger partial charge in [-0.3, -0.25) is 10.3 Å². The Bertz CT molecular complexity index is 916. The number of β-amino-alcohol motifs (C(OH)–C–C–N with tert-alkyl or cyclic N) is 1. The molecule has 0 fully saturated rings. The fraction of sp³-hybridized carbons (Fsp3) is 0.286. The molecule has 13 nitrogen and oxygen atoms in total. The number of amides is 2. The Balaban J connectivity index is 0.000000696. The van der Waals surface area contributed by atoms with Crippen molar-refractivity contribution < 1.29 is 32.1 Å². The van der Waals surface area contributed by atoms with E-state index in [4.69, 9.17) is 34.1 Å². The number of urea groups is 1. The zero-order valence-corrected chi connectivity index (χ0v) is 15.9. The lowest BCUT2D eigenvalue weighted by Gasteiger charge is -2.15. The van der Waals surface area contributed by atoms with Crippen LogP contribution in [0.1, 0.15) is 0 Å². The van der Waals surface area contributed by atoms with Gasteiger partial charge >= 0.3 is 11.9 Å². The number of benzene rings is 1. The highest BCUT2D eigenvalue weighted by molar-refractivity contribution is 7.79. The van der Waals surface area contributed by atoms with E-state index in [-0.39, 0.29) is 13.2 Å². The minimum atomic E-state index is -4.92. The van der Waals surface area contributed by atoms with Gasteiger partial charge in [-0.1, -0.05) is 5.10 Å². The van der Waals surface area contributed by atoms with Crippen LogP contribution in [-0.4, -0.2) is 78.4 Å². The summed E-state index contributed by atoms with van der Waals surface area (Å²) in [5.41, 5.74) is 13.5. The van der Waals surface area contributed by atoms with Crippen LogP contribution in [0.2, 0.25) is 0 Å². The van der Waals surface area contributed by atoms with E-state index in [1.807, 2.05) is 25.1 Å². The molecule has 2 amide bonds. The second-order valence-electron chi connectivity index (χ2n) is 5.49. The molecule has 1 aliphatic heterocycles. The second-order valence-corrected chi connectivity index (χ2v) is 6.34. The molecule has 7 N–H and O–H groups in total. The maximum absolute atomic E-state index is 11.2. The Morgan fingerprint density at radius 3 is 2.54 bits per heavy atom. The van der Waals surface area contributed by atoms with E-state index in [0.717, 1.165) is 5.69 Å². The molecule has 1 heterocycles. The van der Waals surface area contributed by atoms with Crippen molar-refractivity contribution in [2.24, 2.45) is 21.6 Å². The number of primary amides is 1. The van der Waals surface area contributed by atoms with Crippen LogP contribution in [0.15, 0.2) is 28.3 Å².